The Bertz CT molecular complexity index is 1110. The molecule has 0 spiro atoms. The molecule has 6 nitrogen and oxygen atoms in total. The van der Waals surface area contributed by atoms with Crippen LogP contribution in [-0.4, -0.2) is 42.6 Å². The van der Waals surface area contributed by atoms with Crippen LogP contribution in [0.3, 0.4) is 0 Å². The second-order valence-corrected chi connectivity index (χ2v) is 9.14. The van der Waals surface area contributed by atoms with Crippen LogP contribution < -0.4 is 10.6 Å². The van der Waals surface area contributed by atoms with Crippen molar-refractivity contribution in [3.8, 4) is 0 Å². The second kappa shape index (κ2) is 11.0. The third kappa shape index (κ3) is 6.22. The molecule has 1 unspecified atom stereocenters. The second-order valence-electron chi connectivity index (χ2n) is 8.30. The summed E-state index contributed by atoms with van der Waals surface area (Å²) in [6.45, 7) is 5.94. The van der Waals surface area contributed by atoms with Crippen LogP contribution in [-0.2, 0) is 11.2 Å². The Labute approximate surface area is 204 Å². The fourth-order valence-corrected chi connectivity index (χ4v) is 3.87. The summed E-state index contributed by atoms with van der Waals surface area (Å²) in [6.07, 6.45) is 6.23. The lowest BCUT2D eigenvalue weighted by Crippen LogP contribution is -2.48. The van der Waals surface area contributed by atoms with Gasteiger partial charge in [-0.3, -0.25) is 9.98 Å². The Balaban J connectivity index is 1.55. The number of rotatable bonds is 8. The molecule has 2 aliphatic heterocycles. The predicted molar refractivity (Wildman–Crippen MR) is 136 cm³/mol. The molecule has 1 aromatic heterocycles. The molecule has 0 aliphatic carbocycles. The number of ether oxygens (including phenoxy) is 1. The van der Waals surface area contributed by atoms with E-state index < -0.39 is 0 Å². The van der Waals surface area contributed by atoms with E-state index in [-0.39, 0.29) is 6.17 Å². The van der Waals surface area contributed by atoms with Gasteiger partial charge in [0.2, 0.25) is 0 Å². The summed E-state index contributed by atoms with van der Waals surface area (Å²) in [5.41, 5.74) is 3.67. The quantitative estimate of drug-likeness (QED) is 0.559. The van der Waals surface area contributed by atoms with E-state index >= 15 is 0 Å². The Kier molecular flexibility index (Phi) is 7.81. The molecule has 172 valence electrons. The normalized spacial score (nSPS) is 18.8. The van der Waals surface area contributed by atoms with Crippen LogP contribution >= 0.6 is 23.2 Å². The summed E-state index contributed by atoms with van der Waals surface area (Å²) in [5, 5.41) is 8.14. The largest absolute Gasteiger partial charge is 0.373 e. The molecule has 3 heterocycles. The van der Waals surface area contributed by atoms with Gasteiger partial charge in [-0.15, -0.1) is 0 Å². The number of fused-ring (bicyclic) bond motifs is 1. The average molecular weight is 484 g/mol. The zero-order valence-electron chi connectivity index (χ0n) is 18.7. The Morgan fingerprint density at radius 3 is 2.70 bits per heavy atom. The summed E-state index contributed by atoms with van der Waals surface area (Å²) in [6, 6.07) is 11.5. The molecular weight excluding hydrogens is 457 g/mol. The third-order valence-corrected chi connectivity index (χ3v) is 5.68. The summed E-state index contributed by atoms with van der Waals surface area (Å²) >= 11 is 12.4. The molecule has 0 fully saturated rings. The van der Waals surface area contributed by atoms with Crippen molar-refractivity contribution < 1.29 is 4.74 Å². The molecule has 4 rings (SSSR count). The maximum Gasteiger partial charge on any atom is 0.150 e. The molecule has 0 saturated heterocycles. The smallest absolute Gasteiger partial charge is 0.150 e. The summed E-state index contributed by atoms with van der Waals surface area (Å²) in [4.78, 5) is 14.1. The average Bonchev–Trinajstić information content (AvgIpc) is 2.80. The molecule has 0 saturated carbocycles. The van der Waals surface area contributed by atoms with Gasteiger partial charge in [-0.05, 0) is 54.3 Å². The minimum Gasteiger partial charge on any atom is -0.373 e. The van der Waals surface area contributed by atoms with Crippen LogP contribution in [0.1, 0.15) is 25.1 Å². The molecule has 8 heteroatoms. The number of nitrogens with one attached hydrogen (secondary N) is 2. The van der Waals surface area contributed by atoms with E-state index in [9.17, 15) is 0 Å². The van der Waals surface area contributed by atoms with Gasteiger partial charge in [0, 0.05) is 29.9 Å². The Morgan fingerprint density at radius 2 is 1.94 bits per heavy atom. The van der Waals surface area contributed by atoms with Crippen molar-refractivity contribution in [3.63, 3.8) is 0 Å². The van der Waals surface area contributed by atoms with E-state index in [4.69, 9.17) is 37.9 Å². The minimum absolute atomic E-state index is 0.295. The standard InChI is InChI=1S/C25H27Cl2N5O/c1-16(2)14-33-15-22-31-24(29-13-11-17-5-7-18(26)8-6-17)19-9-10-21(30-25(19)32-22)23-20(27)4-3-12-28-23/h3-10,12,16,25,30H,11,13-15H2,1-2H3,(H,29,31,32). The number of halogens is 2. The zero-order valence-corrected chi connectivity index (χ0v) is 20.2. The molecule has 0 amide bonds. The number of nitrogens with zero attached hydrogens (tertiary/aromatic N) is 3. The number of hydrogen-bond acceptors (Lipinski definition) is 5. The molecule has 0 radical (unpaired) electrons. The van der Waals surface area contributed by atoms with Gasteiger partial charge in [-0.1, -0.05) is 49.2 Å². The highest BCUT2D eigenvalue weighted by Crippen LogP contribution is 2.25. The highest BCUT2D eigenvalue weighted by molar-refractivity contribution is 6.32. The molecule has 2 N–H and O–H groups in total. The first-order chi connectivity index (χ1) is 16.0. The maximum absolute atomic E-state index is 6.36. The minimum atomic E-state index is -0.295. The maximum atomic E-state index is 6.36. The van der Waals surface area contributed by atoms with E-state index in [1.165, 1.54) is 5.56 Å². The molecule has 33 heavy (non-hydrogen) atoms. The first-order valence-electron chi connectivity index (χ1n) is 11.0. The van der Waals surface area contributed by atoms with Gasteiger partial charge in [0.05, 0.1) is 10.7 Å². The molecule has 2 aliphatic rings. The van der Waals surface area contributed by atoms with Crippen molar-refractivity contribution in [2.75, 3.05) is 19.8 Å². The van der Waals surface area contributed by atoms with Crippen LogP contribution in [0.25, 0.3) is 5.70 Å². The fourth-order valence-electron chi connectivity index (χ4n) is 3.52. The van der Waals surface area contributed by atoms with Gasteiger partial charge in [-0.2, -0.15) is 0 Å². The zero-order chi connectivity index (χ0) is 23.2. The topological polar surface area (TPSA) is 70.9 Å². The SMILES string of the molecule is CC(C)COCC1=NC2NC(c3ncccc3Cl)=CC=C2C(=NCCc2ccc(Cl)cc2)N1. The van der Waals surface area contributed by atoms with Crippen molar-refractivity contribution in [1.82, 2.24) is 15.6 Å². The summed E-state index contributed by atoms with van der Waals surface area (Å²) in [5.74, 6) is 1.98. The number of aromatic nitrogens is 1. The number of hydrogen-bond donors (Lipinski definition) is 2. The van der Waals surface area contributed by atoms with Gasteiger partial charge in [0.25, 0.3) is 0 Å². The van der Waals surface area contributed by atoms with Gasteiger partial charge in [0.1, 0.15) is 30.1 Å². The summed E-state index contributed by atoms with van der Waals surface area (Å²) in [7, 11) is 0. The first kappa shape index (κ1) is 23.5. The van der Waals surface area contributed by atoms with Gasteiger partial charge < -0.3 is 15.4 Å². The van der Waals surface area contributed by atoms with Crippen molar-refractivity contribution in [1.29, 1.82) is 0 Å². The lowest BCUT2D eigenvalue weighted by atomic mass is 10.0. The lowest BCUT2D eigenvalue weighted by Gasteiger charge is -2.31. The van der Waals surface area contributed by atoms with Crippen LogP contribution in [0.15, 0.2) is 70.3 Å². The number of aliphatic imine (C=N–C) groups is 2. The van der Waals surface area contributed by atoms with Crippen LogP contribution in [0.5, 0.6) is 0 Å². The molecule has 1 atom stereocenters. The van der Waals surface area contributed by atoms with Crippen molar-refractivity contribution in [2.24, 2.45) is 15.9 Å². The van der Waals surface area contributed by atoms with E-state index in [1.807, 2.05) is 48.6 Å². The van der Waals surface area contributed by atoms with Gasteiger partial charge >= 0.3 is 0 Å². The molecule has 0 bridgehead atoms. The molecular formula is C25H27Cl2N5O. The first-order valence-corrected chi connectivity index (χ1v) is 11.7. The van der Waals surface area contributed by atoms with Crippen molar-refractivity contribution in [3.05, 3.63) is 81.6 Å². The van der Waals surface area contributed by atoms with E-state index in [1.54, 1.807) is 6.20 Å². The van der Waals surface area contributed by atoms with Gasteiger partial charge in [0.15, 0.2) is 0 Å². The van der Waals surface area contributed by atoms with Crippen LogP contribution in [0.4, 0.5) is 0 Å². The number of dihydropyridines is 1. The van der Waals surface area contributed by atoms with Crippen LogP contribution in [0, 0.1) is 5.92 Å². The molecule has 2 aromatic rings. The molecule has 1 aromatic carbocycles. The number of amidine groups is 2. The monoisotopic (exact) mass is 483 g/mol. The number of benzene rings is 1. The Hall–Kier alpha value is -2.67. The predicted octanol–water partition coefficient (Wildman–Crippen LogP) is 4.90. The van der Waals surface area contributed by atoms with Crippen LogP contribution in [0.2, 0.25) is 10.0 Å². The lowest BCUT2D eigenvalue weighted by molar-refractivity contribution is 0.141. The third-order valence-electron chi connectivity index (χ3n) is 5.12. The summed E-state index contributed by atoms with van der Waals surface area (Å²) < 4.78 is 5.82. The van der Waals surface area contributed by atoms with E-state index in [2.05, 4.69) is 29.5 Å². The van der Waals surface area contributed by atoms with E-state index in [0.29, 0.717) is 36.4 Å². The fraction of sp³-hybridized carbons (Fsp3) is 0.320. The van der Waals surface area contributed by atoms with Crippen molar-refractivity contribution >= 4 is 40.6 Å². The van der Waals surface area contributed by atoms with Crippen molar-refractivity contribution in [2.45, 2.75) is 26.4 Å². The number of pyridine rings is 1. The Morgan fingerprint density at radius 1 is 1.12 bits per heavy atom. The highest BCUT2D eigenvalue weighted by atomic mass is 35.5. The highest BCUT2D eigenvalue weighted by Gasteiger charge is 2.28. The van der Waals surface area contributed by atoms with Gasteiger partial charge in [-0.25, -0.2) is 4.99 Å². The van der Waals surface area contributed by atoms with E-state index in [0.717, 1.165) is 34.4 Å². The number of allylic oxidation sites excluding steroid dienone is 2.